The third kappa shape index (κ3) is 17.6. The molecule has 0 saturated carbocycles. The van der Waals surface area contributed by atoms with Gasteiger partial charge in [0.15, 0.2) is 41.0 Å². The molecule has 3 aromatic carbocycles. The van der Waals surface area contributed by atoms with Crippen LogP contribution in [0.3, 0.4) is 0 Å². The van der Waals surface area contributed by atoms with Gasteiger partial charge in [0.2, 0.25) is 5.96 Å². The maximum absolute atomic E-state index is 14.4. The van der Waals surface area contributed by atoms with Crippen LogP contribution in [-0.4, -0.2) is 100 Å². The van der Waals surface area contributed by atoms with Crippen molar-refractivity contribution in [3.05, 3.63) is 160 Å². The van der Waals surface area contributed by atoms with Crippen LogP contribution in [0.4, 0.5) is 31.8 Å². The standard InChI is InChI=1S/C28H24ClFN8O3.C25H27ClFN9O2/c1-31-38-28(41-19-7-4-3-5-8-19)34-13-6-12-33-27(39)21-16-32-14-11-23(21)36-26-24(40-2)17-35-25(37-26)20-15-18(29)9-10-22(20)30;1-15(2)34-25(33-14-28)31-9-4-8-30-24(37)18-12-29-10-7-20(18)35-23-21(38-3)13-32-22(36-23)17-11-16(26)5-6-19(17)27/h3-5,7-11,14-17H,6,12-13H2,2H3,(H,33,39)(H,34,38)(H,32,35,36,37);5-7,10-13,15H,4,8-9H2,1-3H3,(H,30,37)(H2,31,33,34)(H,29,32,35,36). The lowest BCUT2D eigenvalue weighted by Gasteiger charge is -2.14. The minimum absolute atomic E-state index is 0.0621. The predicted octanol–water partition coefficient (Wildman–Crippen LogP) is 8.69. The number of carbonyl (C=O) groups is 2. The van der Waals surface area contributed by atoms with Crippen LogP contribution >= 0.6 is 23.2 Å². The minimum Gasteiger partial charge on any atom is -0.491 e. The molecule has 0 bridgehead atoms. The monoisotopic (exact) mass is 1110 g/mol. The maximum Gasteiger partial charge on any atom is 0.358 e. The summed E-state index contributed by atoms with van der Waals surface area (Å²) < 4.78 is 45.1. The molecule has 2 amide bonds. The fraction of sp³-hybridized carbons (Fsp3) is 0.208. The summed E-state index contributed by atoms with van der Waals surface area (Å²) in [4.78, 5) is 62.8. The van der Waals surface area contributed by atoms with Gasteiger partial charge in [-0.2, -0.15) is 16.8 Å². The Morgan fingerprint density at radius 2 is 1.24 bits per heavy atom. The molecule has 22 nitrogen and oxygen atoms in total. The molecule has 0 aliphatic heterocycles. The van der Waals surface area contributed by atoms with Gasteiger partial charge in [0, 0.05) is 67.1 Å². The highest BCUT2D eigenvalue weighted by Crippen LogP contribution is 2.33. The van der Waals surface area contributed by atoms with Gasteiger partial charge in [-0.15, -0.1) is 0 Å². The fourth-order valence-electron chi connectivity index (χ4n) is 6.75. The van der Waals surface area contributed by atoms with E-state index in [4.69, 9.17) is 49.2 Å². The second-order valence-electron chi connectivity index (χ2n) is 16.4. The first kappa shape index (κ1) is 58.5. The van der Waals surface area contributed by atoms with E-state index in [0.717, 1.165) is 0 Å². The zero-order valence-electron chi connectivity index (χ0n) is 42.8. The van der Waals surface area contributed by atoms with E-state index in [1.54, 1.807) is 36.4 Å². The van der Waals surface area contributed by atoms with Crippen LogP contribution < -0.4 is 51.5 Å². The summed E-state index contributed by atoms with van der Waals surface area (Å²) in [6, 6.07) is 20.5. The number of aromatic nitrogens is 6. The van der Waals surface area contributed by atoms with E-state index in [9.17, 15) is 18.4 Å². The highest BCUT2D eigenvalue weighted by Gasteiger charge is 2.20. The molecule has 7 rings (SSSR count). The van der Waals surface area contributed by atoms with Crippen LogP contribution in [0.1, 0.15) is 47.4 Å². The molecular formula is C53H51Cl2F2N17O5. The average Bonchev–Trinajstić information content (AvgIpc) is 3.44. The molecule has 406 valence electrons. The fourth-order valence-corrected chi connectivity index (χ4v) is 7.09. The third-order valence-electron chi connectivity index (χ3n) is 10.4. The van der Waals surface area contributed by atoms with Crippen molar-refractivity contribution in [3.63, 3.8) is 0 Å². The Hall–Kier alpha value is -9.78. The molecule has 0 saturated heterocycles. The molecule has 0 atom stereocenters. The largest absolute Gasteiger partial charge is 0.491 e. The highest BCUT2D eigenvalue weighted by molar-refractivity contribution is 6.31. The number of hydrogen-bond donors (Lipinski definition) is 7. The van der Waals surface area contributed by atoms with Crippen LogP contribution in [0.15, 0.2) is 126 Å². The van der Waals surface area contributed by atoms with Gasteiger partial charge in [-0.05, 0) is 92.8 Å². The number of methoxy groups -OCH3 is 2. The molecule has 4 heterocycles. The predicted molar refractivity (Wildman–Crippen MR) is 295 cm³/mol. The Kier molecular flexibility index (Phi) is 22.3. The van der Waals surface area contributed by atoms with Gasteiger partial charge in [0.25, 0.3) is 11.8 Å². The Morgan fingerprint density at radius 3 is 1.71 bits per heavy atom. The number of nitrogens with zero attached hydrogens (tertiary/aromatic N) is 10. The zero-order chi connectivity index (χ0) is 56.5. The number of aliphatic imine (C=N–C) groups is 2. The van der Waals surface area contributed by atoms with Gasteiger partial charge in [0.05, 0.1) is 60.2 Å². The summed E-state index contributed by atoms with van der Waals surface area (Å²) in [6.45, 7) is 12.2. The van der Waals surface area contributed by atoms with E-state index >= 15 is 0 Å². The topological polar surface area (TPSA) is 276 Å². The minimum atomic E-state index is -0.539. The highest BCUT2D eigenvalue weighted by atomic mass is 35.5. The molecule has 26 heteroatoms. The van der Waals surface area contributed by atoms with Crippen molar-refractivity contribution in [2.24, 2.45) is 9.98 Å². The molecule has 79 heavy (non-hydrogen) atoms. The SMILES string of the molecule is COc1cnc(-c2cc(Cl)ccc2F)nc1Nc1ccncc1C(=O)NCCCN=C(NC#N)NC(C)C.[C-]#[N+]NC(=NCCCNC(=O)c1cnccc1Nc1nc(-c2cc(Cl)ccc2F)ncc1OC)Oc1ccccc1. The summed E-state index contributed by atoms with van der Waals surface area (Å²) in [5, 5.41) is 26.8. The number of amides is 2. The van der Waals surface area contributed by atoms with Crippen molar-refractivity contribution in [2.75, 3.05) is 51.0 Å². The molecule has 0 aliphatic rings. The first-order valence-electron chi connectivity index (χ1n) is 23.9. The quantitative estimate of drug-likeness (QED) is 0.00715. The molecule has 0 radical (unpaired) electrons. The van der Waals surface area contributed by atoms with E-state index in [2.05, 4.69) is 82.2 Å². The van der Waals surface area contributed by atoms with Crippen molar-refractivity contribution >= 4 is 70.0 Å². The Balaban J connectivity index is 0.000000256. The molecular weight excluding hydrogens is 1060 g/mol. The molecule has 7 N–H and O–H groups in total. The first-order valence-corrected chi connectivity index (χ1v) is 24.6. The maximum atomic E-state index is 14.4. The van der Waals surface area contributed by atoms with Crippen molar-refractivity contribution in [2.45, 2.75) is 32.7 Å². The van der Waals surface area contributed by atoms with Crippen molar-refractivity contribution in [1.82, 2.24) is 56.6 Å². The Bertz CT molecular complexity index is 3360. The average molecular weight is 1120 g/mol. The van der Waals surface area contributed by atoms with Crippen LogP contribution in [0, 0.1) is 29.7 Å². The molecule has 0 unspecified atom stereocenters. The number of rotatable bonds is 20. The third-order valence-corrected chi connectivity index (χ3v) is 10.9. The Labute approximate surface area is 463 Å². The lowest BCUT2D eigenvalue weighted by atomic mass is 10.2. The molecule has 0 fully saturated rings. The van der Waals surface area contributed by atoms with Gasteiger partial charge < -0.3 is 40.8 Å². The second-order valence-corrected chi connectivity index (χ2v) is 17.2. The molecule has 0 aliphatic carbocycles. The summed E-state index contributed by atoms with van der Waals surface area (Å²) in [7, 11) is 2.89. The van der Waals surface area contributed by atoms with Crippen molar-refractivity contribution in [3.8, 4) is 46.2 Å². The lowest BCUT2D eigenvalue weighted by molar-refractivity contribution is 0.0945. The van der Waals surface area contributed by atoms with E-state index in [1.165, 1.54) is 87.8 Å². The van der Waals surface area contributed by atoms with E-state index in [1.807, 2.05) is 26.1 Å². The number of para-hydroxylation sites is 1. The number of halogens is 4. The van der Waals surface area contributed by atoms with Crippen molar-refractivity contribution < 1.29 is 32.6 Å². The van der Waals surface area contributed by atoms with Crippen molar-refractivity contribution in [1.29, 1.82) is 5.26 Å². The number of anilines is 4. The van der Waals surface area contributed by atoms with Gasteiger partial charge in [-0.25, -0.2) is 33.7 Å². The van der Waals surface area contributed by atoms with Gasteiger partial charge in [-0.1, -0.05) is 41.4 Å². The summed E-state index contributed by atoms with van der Waals surface area (Å²) in [6.07, 6.45) is 11.5. The number of guanidine groups is 1. The number of nitrogens with one attached hydrogen (secondary N) is 7. The van der Waals surface area contributed by atoms with Gasteiger partial charge >= 0.3 is 6.02 Å². The van der Waals surface area contributed by atoms with E-state index in [0.29, 0.717) is 72.1 Å². The Morgan fingerprint density at radius 1 is 0.734 bits per heavy atom. The van der Waals surface area contributed by atoms with Crippen LogP contribution in [0.2, 0.25) is 10.0 Å². The number of ether oxygens (including phenoxy) is 3. The summed E-state index contributed by atoms with van der Waals surface area (Å²) >= 11 is 12.1. The molecule has 4 aromatic heterocycles. The lowest BCUT2D eigenvalue weighted by Crippen LogP contribution is -2.39. The van der Waals surface area contributed by atoms with E-state index in [-0.39, 0.29) is 75.0 Å². The van der Waals surface area contributed by atoms with Gasteiger partial charge in [0.1, 0.15) is 17.4 Å². The van der Waals surface area contributed by atoms with Crippen LogP contribution in [0.5, 0.6) is 17.2 Å². The zero-order valence-corrected chi connectivity index (χ0v) is 44.3. The van der Waals surface area contributed by atoms with Gasteiger partial charge in [-0.3, -0.25) is 29.9 Å². The summed E-state index contributed by atoms with van der Waals surface area (Å²) in [5.41, 5.74) is 3.93. The normalized spacial score (nSPS) is 10.9. The second kappa shape index (κ2) is 30.1. The number of nitriles is 1. The number of hydrogen-bond acceptors (Lipinski definition) is 16. The molecule has 0 spiro atoms. The number of amidine groups is 1. The molecule has 7 aromatic rings. The number of benzene rings is 3. The van der Waals surface area contributed by atoms with Crippen LogP contribution in [-0.2, 0) is 0 Å². The number of carbonyl (C=O) groups excluding carboxylic acids is 2. The van der Waals surface area contributed by atoms with Crippen LogP contribution in [0.25, 0.3) is 27.7 Å². The number of pyridine rings is 2. The summed E-state index contributed by atoms with van der Waals surface area (Å²) in [5.74, 6) is 0.258. The smallest absolute Gasteiger partial charge is 0.358 e. The first-order chi connectivity index (χ1) is 38.3. The van der Waals surface area contributed by atoms with E-state index < -0.39 is 17.5 Å².